The Hall–Kier alpha value is -1.06. The fraction of sp³-hybridized carbons (Fsp3) is 0.600. The molecule has 0 fully saturated rings. The van der Waals surface area contributed by atoms with Gasteiger partial charge in [-0.15, -0.1) is 0 Å². The summed E-state index contributed by atoms with van der Waals surface area (Å²) in [4.78, 5) is 0. The molecule has 0 aliphatic heterocycles. The SMILES string of the molecule is CCCOc1cc(C(C)C)c(C(N)CN)cc1C. The van der Waals surface area contributed by atoms with Crippen molar-refractivity contribution < 1.29 is 4.74 Å². The summed E-state index contributed by atoms with van der Waals surface area (Å²) in [5.41, 5.74) is 15.3. The van der Waals surface area contributed by atoms with Gasteiger partial charge in [0.1, 0.15) is 5.75 Å². The summed E-state index contributed by atoms with van der Waals surface area (Å²) in [6, 6.07) is 4.15. The van der Waals surface area contributed by atoms with Gasteiger partial charge < -0.3 is 16.2 Å². The van der Waals surface area contributed by atoms with Gasteiger partial charge in [0.15, 0.2) is 0 Å². The number of benzene rings is 1. The average molecular weight is 250 g/mol. The van der Waals surface area contributed by atoms with E-state index in [1.54, 1.807) is 0 Å². The molecule has 4 N–H and O–H groups in total. The molecule has 1 rings (SSSR count). The summed E-state index contributed by atoms with van der Waals surface area (Å²) in [5, 5.41) is 0. The van der Waals surface area contributed by atoms with Crippen LogP contribution in [-0.4, -0.2) is 13.2 Å². The number of rotatable bonds is 6. The highest BCUT2D eigenvalue weighted by molar-refractivity contribution is 5.44. The zero-order valence-corrected chi connectivity index (χ0v) is 12.0. The fourth-order valence-electron chi connectivity index (χ4n) is 2.04. The monoisotopic (exact) mass is 250 g/mol. The second-order valence-electron chi connectivity index (χ2n) is 5.09. The van der Waals surface area contributed by atoms with Gasteiger partial charge in [0.25, 0.3) is 0 Å². The van der Waals surface area contributed by atoms with E-state index in [4.69, 9.17) is 16.2 Å². The molecule has 0 saturated carbocycles. The number of aryl methyl sites for hydroxylation is 1. The smallest absolute Gasteiger partial charge is 0.122 e. The lowest BCUT2D eigenvalue weighted by Crippen LogP contribution is -2.22. The van der Waals surface area contributed by atoms with Crippen LogP contribution in [0.4, 0.5) is 0 Å². The Bertz CT molecular complexity index is 388. The molecular formula is C15H26N2O. The zero-order chi connectivity index (χ0) is 13.7. The van der Waals surface area contributed by atoms with Crippen molar-refractivity contribution in [3.05, 3.63) is 28.8 Å². The van der Waals surface area contributed by atoms with E-state index in [0.29, 0.717) is 12.5 Å². The molecule has 3 nitrogen and oxygen atoms in total. The molecule has 0 bridgehead atoms. The normalized spacial score (nSPS) is 12.8. The number of hydrogen-bond donors (Lipinski definition) is 2. The predicted molar refractivity (Wildman–Crippen MR) is 77.0 cm³/mol. The molecule has 18 heavy (non-hydrogen) atoms. The van der Waals surface area contributed by atoms with Crippen LogP contribution in [0.3, 0.4) is 0 Å². The molecule has 0 aliphatic carbocycles. The third kappa shape index (κ3) is 3.47. The molecule has 1 aromatic carbocycles. The summed E-state index contributed by atoms with van der Waals surface area (Å²) >= 11 is 0. The fourth-order valence-corrected chi connectivity index (χ4v) is 2.04. The summed E-state index contributed by atoms with van der Waals surface area (Å²) in [6.07, 6.45) is 1.01. The van der Waals surface area contributed by atoms with Crippen molar-refractivity contribution >= 4 is 0 Å². The van der Waals surface area contributed by atoms with Crippen molar-refractivity contribution in [1.29, 1.82) is 0 Å². The predicted octanol–water partition coefficient (Wildman–Crippen LogP) is 2.87. The van der Waals surface area contributed by atoms with E-state index >= 15 is 0 Å². The molecule has 3 heteroatoms. The van der Waals surface area contributed by atoms with E-state index in [1.165, 1.54) is 5.56 Å². The van der Waals surface area contributed by atoms with Gasteiger partial charge in [0.2, 0.25) is 0 Å². The van der Waals surface area contributed by atoms with Gasteiger partial charge in [0, 0.05) is 12.6 Å². The van der Waals surface area contributed by atoms with Crippen LogP contribution in [0.5, 0.6) is 5.75 Å². The Morgan fingerprint density at radius 3 is 2.39 bits per heavy atom. The van der Waals surface area contributed by atoms with Crippen molar-refractivity contribution in [3.8, 4) is 5.75 Å². The summed E-state index contributed by atoms with van der Waals surface area (Å²) in [6.45, 7) is 9.72. The molecule has 1 unspecified atom stereocenters. The Morgan fingerprint density at radius 2 is 1.89 bits per heavy atom. The highest BCUT2D eigenvalue weighted by Gasteiger charge is 2.15. The molecule has 0 heterocycles. The quantitative estimate of drug-likeness (QED) is 0.816. The lowest BCUT2D eigenvalue weighted by Gasteiger charge is -2.20. The minimum atomic E-state index is -0.0960. The van der Waals surface area contributed by atoms with Crippen LogP contribution < -0.4 is 16.2 Å². The second-order valence-corrected chi connectivity index (χ2v) is 5.09. The first-order chi connectivity index (χ1) is 8.51. The van der Waals surface area contributed by atoms with Gasteiger partial charge in [-0.05, 0) is 42.0 Å². The maximum absolute atomic E-state index is 6.09. The van der Waals surface area contributed by atoms with Gasteiger partial charge in [0.05, 0.1) is 6.61 Å². The topological polar surface area (TPSA) is 61.3 Å². The Kier molecular flexibility index (Phi) is 5.63. The second kappa shape index (κ2) is 6.76. The molecule has 0 aliphatic rings. The summed E-state index contributed by atoms with van der Waals surface area (Å²) in [7, 11) is 0. The largest absolute Gasteiger partial charge is 0.493 e. The summed E-state index contributed by atoms with van der Waals surface area (Å²) < 4.78 is 5.77. The van der Waals surface area contributed by atoms with E-state index in [-0.39, 0.29) is 6.04 Å². The van der Waals surface area contributed by atoms with Crippen molar-refractivity contribution in [3.63, 3.8) is 0 Å². The molecule has 1 atom stereocenters. The highest BCUT2D eigenvalue weighted by Crippen LogP contribution is 2.31. The van der Waals surface area contributed by atoms with Crippen LogP contribution in [0.25, 0.3) is 0 Å². The Balaban J connectivity index is 3.16. The van der Waals surface area contributed by atoms with E-state index in [0.717, 1.165) is 29.9 Å². The van der Waals surface area contributed by atoms with Crippen LogP contribution >= 0.6 is 0 Å². The van der Waals surface area contributed by atoms with Crippen molar-refractivity contribution in [2.45, 2.75) is 46.1 Å². The van der Waals surface area contributed by atoms with Crippen LogP contribution in [0.1, 0.15) is 55.8 Å². The third-order valence-corrected chi connectivity index (χ3v) is 3.12. The van der Waals surface area contributed by atoms with Crippen LogP contribution in [0.15, 0.2) is 12.1 Å². The number of ether oxygens (including phenoxy) is 1. The maximum atomic E-state index is 6.09. The first-order valence-electron chi connectivity index (χ1n) is 6.74. The standard InChI is InChI=1S/C15H26N2O/c1-5-6-18-15-8-12(10(2)3)13(7-11(15)4)14(17)9-16/h7-8,10,14H,5-6,9,16-17H2,1-4H3. The average Bonchev–Trinajstić information content (AvgIpc) is 2.35. The first-order valence-corrected chi connectivity index (χ1v) is 6.74. The lowest BCUT2D eigenvalue weighted by atomic mass is 9.91. The zero-order valence-electron chi connectivity index (χ0n) is 12.0. The molecule has 102 valence electrons. The molecule has 0 spiro atoms. The molecular weight excluding hydrogens is 224 g/mol. The Labute approximate surface area is 111 Å². The lowest BCUT2D eigenvalue weighted by molar-refractivity contribution is 0.314. The highest BCUT2D eigenvalue weighted by atomic mass is 16.5. The summed E-state index contributed by atoms with van der Waals surface area (Å²) in [5.74, 6) is 1.38. The van der Waals surface area contributed by atoms with E-state index in [2.05, 4.69) is 39.8 Å². The van der Waals surface area contributed by atoms with Crippen molar-refractivity contribution in [2.75, 3.05) is 13.2 Å². The van der Waals surface area contributed by atoms with Crippen LogP contribution in [0.2, 0.25) is 0 Å². The van der Waals surface area contributed by atoms with Gasteiger partial charge in [-0.25, -0.2) is 0 Å². The molecule has 0 amide bonds. The molecule has 0 aromatic heterocycles. The third-order valence-electron chi connectivity index (χ3n) is 3.12. The van der Waals surface area contributed by atoms with Crippen molar-refractivity contribution in [2.24, 2.45) is 11.5 Å². The van der Waals surface area contributed by atoms with Gasteiger partial charge >= 0.3 is 0 Å². The van der Waals surface area contributed by atoms with E-state index in [1.807, 2.05) is 0 Å². The van der Waals surface area contributed by atoms with Crippen molar-refractivity contribution in [1.82, 2.24) is 0 Å². The minimum Gasteiger partial charge on any atom is -0.493 e. The Morgan fingerprint density at radius 1 is 1.22 bits per heavy atom. The maximum Gasteiger partial charge on any atom is 0.122 e. The number of hydrogen-bond acceptors (Lipinski definition) is 3. The molecule has 0 saturated heterocycles. The minimum absolute atomic E-state index is 0.0960. The van der Waals surface area contributed by atoms with Crippen LogP contribution in [0, 0.1) is 6.92 Å². The van der Waals surface area contributed by atoms with E-state index < -0.39 is 0 Å². The van der Waals surface area contributed by atoms with Crippen LogP contribution in [-0.2, 0) is 0 Å². The van der Waals surface area contributed by atoms with E-state index in [9.17, 15) is 0 Å². The first kappa shape index (κ1) is 15.0. The molecule has 1 aromatic rings. The van der Waals surface area contributed by atoms with Gasteiger partial charge in [-0.2, -0.15) is 0 Å². The van der Waals surface area contributed by atoms with Gasteiger partial charge in [-0.1, -0.05) is 26.8 Å². The molecule has 0 radical (unpaired) electrons. The number of nitrogens with two attached hydrogens (primary N) is 2. The van der Waals surface area contributed by atoms with Gasteiger partial charge in [-0.3, -0.25) is 0 Å².